The Bertz CT molecular complexity index is 974. The Morgan fingerprint density at radius 2 is 1.70 bits per heavy atom. The van der Waals surface area contributed by atoms with E-state index in [1.807, 2.05) is 48.5 Å². The highest BCUT2D eigenvalue weighted by Gasteiger charge is 2.37. The Morgan fingerprint density at radius 3 is 2.41 bits per heavy atom. The second-order valence-corrected chi connectivity index (χ2v) is 9.11. The van der Waals surface area contributed by atoms with Gasteiger partial charge in [-0.25, -0.2) is 4.79 Å². The summed E-state index contributed by atoms with van der Waals surface area (Å²) in [6.45, 7) is 0. The minimum atomic E-state index is -2.15. The number of carbonyl (C=O) groups is 1. The molecule has 2 N–H and O–H groups in total. The average molecular weight is 398 g/mol. The lowest BCUT2D eigenvalue weighted by molar-refractivity contribution is -0.155. The molecule has 3 aromatic rings. The summed E-state index contributed by atoms with van der Waals surface area (Å²) in [6.07, 6.45) is -0.120. The zero-order chi connectivity index (χ0) is 19.3. The summed E-state index contributed by atoms with van der Waals surface area (Å²) in [7, 11) is -2.01. The van der Waals surface area contributed by atoms with E-state index in [0.717, 1.165) is 21.5 Å². The lowest BCUT2D eigenvalue weighted by atomic mass is 9.97. The zero-order valence-electron chi connectivity index (χ0n) is 14.5. The molecule has 4 nitrogen and oxygen atoms in total. The predicted octanol–water partition coefficient (Wildman–Crippen LogP) is 3.51. The normalized spacial score (nSPS) is 14.1. The highest BCUT2D eigenvalue weighted by atomic mass is 32.2. The van der Waals surface area contributed by atoms with E-state index in [4.69, 9.17) is 0 Å². The summed E-state index contributed by atoms with van der Waals surface area (Å²) in [5, 5.41) is 22.1. The first-order valence-corrected chi connectivity index (χ1v) is 10.9. The molecule has 0 radical (unpaired) electrons. The molecule has 0 aromatic heterocycles. The van der Waals surface area contributed by atoms with Crippen molar-refractivity contribution >= 4 is 42.1 Å². The fraction of sp³-hybridized carbons (Fsp3) is 0.143. The molecule has 3 aromatic carbocycles. The molecule has 0 bridgehead atoms. The second kappa shape index (κ2) is 8.68. The molecule has 2 atom stereocenters. The van der Waals surface area contributed by atoms with Crippen molar-refractivity contribution in [1.29, 1.82) is 0 Å². The van der Waals surface area contributed by atoms with Crippen LogP contribution in [0, 0.1) is 0 Å². The maximum Gasteiger partial charge on any atom is 0.344 e. The molecule has 0 amide bonds. The van der Waals surface area contributed by atoms with E-state index >= 15 is 0 Å². The van der Waals surface area contributed by atoms with Crippen LogP contribution in [0.25, 0.3) is 10.8 Å². The maximum atomic E-state index is 12.4. The number of hydrogen-bond donors (Lipinski definition) is 2. The Labute approximate surface area is 163 Å². The SMILES string of the molecule is O=C(O)C(O)(C=[P+]([O-])CSc1ccc2ccccc2c1)Cc1ccccc1. The largest absolute Gasteiger partial charge is 0.630 e. The first kappa shape index (κ1) is 19.6. The number of benzene rings is 3. The van der Waals surface area contributed by atoms with Crippen LogP contribution in [0.1, 0.15) is 5.56 Å². The molecular formula is C21H19O4PS. The van der Waals surface area contributed by atoms with Crippen molar-refractivity contribution in [2.24, 2.45) is 0 Å². The molecular weight excluding hydrogens is 379 g/mol. The Kier molecular flexibility index (Phi) is 6.30. The number of carboxylic acids is 1. The molecule has 6 heteroatoms. The number of carboxylic acid groups (broad SMARTS) is 1. The topological polar surface area (TPSA) is 80.6 Å². The third-order valence-corrected chi connectivity index (χ3v) is 6.96. The van der Waals surface area contributed by atoms with Gasteiger partial charge in [-0.2, -0.15) is 0 Å². The van der Waals surface area contributed by atoms with Gasteiger partial charge in [-0.1, -0.05) is 72.4 Å². The van der Waals surface area contributed by atoms with E-state index in [9.17, 15) is 19.9 Å². The van der Waals surface area contributed by atoms with Gasteiger partial charge in [0.15, 0.2) is 5.49 Å². The third-order valence-electron chi connectivity index (χ3n) is 4.12. The molecule has 2 unspecified atom stereocenters. The van der Waals surface area contributed by atoms with Gasteiger partial charge >= 0.3 is 5.97 Å². The molecule has 0 fully saturated rings. The molecule has 0 aliphatic carbocycles. The van der Waals surface area contributed by atoms with Gasteiger partial charge < -0.3 is 15.1 Å². The van der Waals surface area contributed by atoms with E-state index in [2.05, 4.69) is 0 Å². The quantitative estimate of drug-likeness (QED) is 0.470. The number of rotatable bonds is 7. The van der Waals surface area contributed by atoms with Crippen LogP contribution in [-0.4, -0.2) is 33.1 Å². The van der Waals surface area contributed by atoms with Crippen LogP contribution in [0.4, 0.5) is 0 Å². The van der Waals surface area contributed by atoms with E-state index < -0.39 is 19.3 Å². The monoisotopic (exact) mass is 398 g/mol. The molecule has 0 heterocycles. The van der Waals surface area contributed by atoms with Crippen molar-refractivity contribution in [3.05, 3.63) is 78.4 Å². The van der Waals surface area contributed by atoms with Gasteiger partial charge in [0.25, 0.3) is 0 Å². The van der Waals surface area contributed by atoms with Crippen LogP contribution in [0.5, 0.6) is 0 Å². The van der Waals surface area contributed by atoms with Gasteiger partial charge in [0, 0.05) is 11.3 Å². The van der Waals surface area contributed by atoms with Crippen molar-refractivity contribution < 1.29 is 19.9 Å². The van der Waals surface area contributed by atoms with Crippen LogP contribution in [0.15, 0.2) is 77.7 Å². The van der Waals surface area contributed by atoms with Crippen molar-refractivity contribution in [3.63, 3.8) is 0 Å². The number of fused-ring (bicyclic) bond motifs is 1. The minimum Gasteiger partial charge on any atom is -0.630 e. The minimum absolute atomic E-state index is 0.120. The summed E-state index contributed by atoms with van der Waals surface area (Å²) in [6, 6.07) is 22.7. The lowest BCUT2D eigenvalue weighted by Crippen LogP contribution is -2.42. The van der Waals surface area contributed by atoms with Gasteiger partial charge in [-0.05, 0) is 28.5 Å². The van der Waals surface area contributed by atoms with E-state index in [0.29, 0.717) is 5.56 Å². The van der Waals surface area contributed by atoms with Gasteiger partial charge in [0.1, 0.15) is 5.80 Å². The summed E-state index contributed by atoms with van der Waals surface area (Å²) in [4.78, 5) is 25.0. The van der Waals surface area contributed by atoms with E-state index in [-0.39, 0.29) is 11.9 Å². The van der Waals surface area contributed by atoms with Gasteiger partial charge in [0.05, 0.1) is 7.77 Å². The van der Waals surface area contributed by atoms with Crippen LogP contribution >= 0.6 is 19.5 Å². The molecule has 27 heavy (non-hydrogen) atoms. The second-order valence-electron chi connectivity index (χ2n) is 6.22. The molecule has 0 saturated heterocycles. The average Bonchev–Trinajstić information content (AvgIpc) is 2.67. The van der Waals surface area contributed by atoms with E-state index in [1.54, 1.807) is 24.3 Å². The number of aliphatic carboxylic acids is 1. The van der Waals surface area contributed by atoms with Crippen LogP contribution in [0.3, 0.4) is 0 Å². The smallest absolute Gasteiger partial charge is 0.344 e. The summed E-state index contributed by atoms with van der Waals surface area (Å²) in [5.74, 6) is -0.337. The molecule has 138 valence electrons. The lowest BCUT2D eigenvalue weighted by Gasteiger charge is -2.18. The summed E-state index contributed by atoms with van der Waals surface area (Å²) >= 11 is 1.38. The standard InChI is InChI=1S/C21H19O4PS/c22-20(23)21(24,13-16-6-2-1-3-7-16)14-26(25)15-27-19-11-10-17-8-4-5-9-18(17)12-19/h1-12,14,24H,13,15H2,(H,22,23). The first-order valence-electron chi connectivity index (χ1n) is 8.37. The molecule has 0 aliphatic heterocycles. The van der Waals surface area contributed by atoms with Crippen molar-refractivity contribution in [1.82, 2.24) is 0 Å². The molecule has 0 saturated carbocycles. The van der Waals surface area contributed by atoms with Crippen molar-refractivity contribution in [2.45, 2.75) is 16.9 Å². The zero-order valence-corrected chi connectivity index (χ0v) is 16.2. The Morgan fingerprint density at radius 1 is 1.04 bits per heavy atom. The summed E-state index contributed by atoms with van der Waals surface area (Å²) < 4.78 is 0. The Hall–Kier alpha value is -2.17. The van der Waals surface area contributed by atoms with Crippen LogP contribution < -0.4 is 4.89 Å². The number of thioether (sulfide) groups is 1. The predicted molar refractivity (Wildman–Crippen MR) is 110 cm³/mol. The van der Waals surface area contributed by atoms with Gasteiger partial charge in [-0.15, -0.1) is 0 Å². The fourth-order valence-corrected chi connectivity index (χ4v) is 5.21. The van der Waals surface area contributed by atoms with Crippen molar-refractivity contribution in [2.75, 3.05) is 5.49 Å². The highest BCUT2D eigenvalue weighted by Crippen LogP contribution is 2.30. The van der Waals surface area contributed by atoms with Crippen molar-refractivity contribution in [3.8, 4) is 0 Å². The summed E-state index contributed by atoms with van der Waals surface area (Å²) in [5.41, 5.74) is -1.28. The Balaban J connectivity index is 1.72. The highest BCUT2D eigenvalue weighted by molar-refractivity contribution is 8.04. The van der Waals surface area contributed by atoms with Crippen LogP contribution in [-0.2, 0) is 11.2 Å². The maximum absolute atomic E-state index is 12.4. The first-order chi connectivity index (χ1) is 13.0. The molecule has 3 rings (SSSR count). The van der Waals surface area contributed by atoms with Gasteiger partial charge in [-0.3, -0.25) is 0 Å². The van der Waals surface area contributed by atoms with Crippen LogP contribution in [0.2, 0.25) is 0 Å². The fourth-order valence-electron chi connectivity index (χ4n) is 2.75. The molecule has 0 spiro atoms. The van der Waals surface area contributed by atoms with E-state index in [1.165, 1.54) is 11.8 Å². The third kappa shape index (κ3) is 5.18. The van der Waals surface area contributed by atoms with Gasteiger partial charge in [0.2, 0.25) is 5.60 Å². The number of hydrogen-bond acceptors (Lipinski definition) is 4. The molecule has 0 aliphatic rings. The number of aliphatic hydroxyl groups is 1.